The van der Waals surface area contributed by atoms with Gasteiger partial charge in [-0.1, -0.05) is 60.1 Å². The van der Waals surface area contributed by atoms with E-state index in [1.165, 1.54) is 5.56 Å². The fourth-order valence-corrected chi connectivity index (χ4v) is 4.14. The first-order valence-electron chi connectivity index (χ1n) is 9.76. The zero-order chi connectivity index (χ0) is 19.8. The minimum Gasteiger partial charge on any atom is -0.308 e. The first-order valence-corrected chi connectivity index (χ1v) is 10.1. The van der Waals surface area contributed by atoms with E-state index in [4.69, 9.17) is 16.6 Å². The molecule has 1 aliphatic rings. The van der Waals surface area contributed by atoms with Crippen LogP contribution in [0.4, 0.5) is 5.69 Å². The van der Waals surface area contributed by atoms with Crippen LogP contribution in [-0.2, 0) is 6.42 Å². The Morgan fingerprint density at radius 3 is 2.55 bits per heavy atom. The van der Waals surface area contributed by atoms with Crippen molar-refractivity contribution in [2.45, 2.75) is 12.8 Å². The molecule has 3 aromatic carbocycles. The van der Waals surface area contributed by atoms with E-state index in [9.17, 15) is 4.79 Å². The van der Waals surface area contributed by atoms with Gasteiger partial charge < -0.3 is 4.90 Å². The zero-order valence-corrected chi connectivity index (χ0v) is 16.6. The number of carbonyl (C=O) groups excluding carboxylic acids is 1. The van der Waals surface area contributed by atoms with Crippen LogP contribution in [0.3, 0.4) is 0 Å². The fraction of sp³-hybridized carbons (Fsp3) is 0.120. The summed E-state index contributed by atoms with van der Waals surface area (Å²) in [4.78, 5) is 20.4. The van der Waals surface area contributed by atoms with Gasteiger partial charge in [0, 0.05) is 28.2 Å². The maximum absolute atomic E-state index is 13.7. The summed E-state index contributed by atoms with van der Waals surface area (Å²) in [6.45, 7) is 0.725. The first-order chi connectivity index (χ1) is 14.2. The summed E-state index contributed by atoms with van der Waals surface area (Å²) in [7, 11) is 0. The molecular formula is C25H19ClN2O. The third-order valence-electron chi connectivity index (χ3n) is 5.44. The highest BCUT2D eigenvalue weighted by molar-refractivity contribution is 6.30. The Morgan fingerprint density at radius 2 is 1.69 bits per heavy atom. The Kier molecular flexibility index (Phi) is 4.53. The lowest BCUT2D eigenvalue weighted by Gasteiger charge is -2.30. The molecular weight excluding hydrogens is 380 g/mol. The van der Waals surface area contributed by atoms with Crippen LogP contribution in [0.15, 0.2) is 78.9 Å². The number of carbonyl (C=O) groups is 1. The van der Waals surface area contributed by atoms with Crippen molar-refractivity contribution in [2.24, 2.45) is 0 Å². The Morgan fingerprint density at radius 1 is 0.931 bits per heavy atom. The molecule has 1 aromatic heterocycles. The molecule has 29 heavy (non-hydrogen) atoms. The van der Waals surface area contributed by atoms with E-state index in [0.29, 0.717) is 10.6 Å². The van der Waals surface area contributed by atoms with Crippen LogP contribution < -0.4 is 4.90 Å². The lowest BCUT2D eigenvalue weighted by molar-refractivity contribution is 0.0986. The molecule has 0 N–H and O–H groups in total. The molecule has 4 heteroatoms. The first kappa shape index (κ1) is 17.9. The van der Waals surface area contributed by atoms with Gasteiger partial charge in [0.15, 0.2) is 0 Å². The van der Waals surface area contributed by atoms with Crippen molar-refractivity contribution in [3.8, 4) is 11.3 Å². The van der Waals surface area contributed by atoms with Crippen molar-refractivity contribution in [2.75, 3.05) is 11.4 Å². The average molecular weight is 399 g/mol. The Hall–Kier alpha value is -3.17. The number of hydrogen-bond donors (Lipinski definition) is 0. The van der Waals surface area contributed by atoms with Crippen molar-refractivity contribution < 1.29 is 4.79 Å². The van der Waals surface area contributed by atoms with E-state index in [1.54, 1.807) is 0 Å². The largest absolute Gasteiger partial charge is 0.308 e. The fourth-order valence-electron chi connectivity index (χ4n) is 4.01. The number of fused-ring (bicyclic) bond motifs is 2. The topological polar surface area (TPSA) is 33.2 Å². The molecule has 0 unspecified atom stereocenters. The quantitative estimate of drug-likeness (QED) is 0.405. The molecule has 0 saturated heterocycles. The SMILES string of the molecule is O=C(c1cc(-c2ccc(Cl)cc2)nc2ccccc12)N1CCCc2ccccc21. The Bertz CT molecular complexity index is 1220. The lowest BCUT2D eigenvalue weighted by Crippen LogP contribution is -2.35. The highest BCUT2D eigenvalue weighted by Gasteiger charge is 2.25. The van der Waals surface area contributed by atoms with E-state index in [-0.39, 0.29) is 5.91 Å². The number of benzene rings is 3. The van der Waals surface area contributed by atoms with Crippen LogP contribution in [-0.4, -0.2) is 17.4 Å². The van der Waals surface area contributed by atoms with E-state index in [1.807, 2.05) is 77.7 Å². The van der Waals surface area contributed by atoms with Crippen LogP contribution in [0.1, 0.15) is 22.3 Å². The van der Waals surface area contributed by atoms with Gasteiger partial charge in [-0.05, 0) is 48.7 Å². The van der Waals surface area contributed by atoms with Gasteiger partial charge in [-0.25, -0.2) is 4.98 Å². The highest BCUT2D eigenvalue weighted by Crippen LogP contribution is 2.31. The maximum atomic E-state index is 13.7. The predicted molar refractivity (Wildman–Crippen MR) is 119 cm³/mol. The predicted octanol–water partition coefficient (Wildman–Crippen LogP) is 6.15. The zero-order valence-electron chi connectivity index (χ0n) is 15.8. The van der Waals surface area contributed by atoms with Crippen LogP contribution in [0, 0.1) is 0 Å². The van der Waals surface area contributed by atoms with Crippen molar-refractivity contribution in [1.29, 1.82) is 0 Å². The lowest BCUT2D eigenvalue weighted by atomic mass is 9.99. The molecule has 0 aliphatic carbocycles. The maximum Gasteiger partial charge on any atom is 0.259 e. The smallest absolute Gasteiger partial charge is 0.259 e. The number of para-hydroxylation sites is 2. The van der Waals surface area contributed by atoms with E-state index >= 15 is 0 Å². The van der Waals surface area contributed by atoms with Crippen molar-refractivity contribution in [3.05, 3.63) is 95.0 Å². The molecule has 0 saturated carbocycles. The number of nitrogens with zero attached hydrogens (tertiary/aromatic N) is 2. The summed E-state index contributed by atoms with van der Waals surface area (Å²) in [6.07, 6.45) is 1.98. The van der Waals surface area contributed by atoms with E-state index in [2.05, 4.69) is 6.07 Å². The van der Waals surface area contributed by atoms with Crippen molar-refractivity contribution in [3.63, 3.8) is 0 Å². The monoisotopic (exact) mass is 398 g/mol. The minimum absolute atomic E-state index is 0.0194. The van der Waals surface area contributed by atoms with Crippen molar-refractivity contribution in [1.82, 2.24) is 4.98 Å². The van der Waals surface area contributed by atoms with E-state index < -0.39 is 0 Å². The molecule has 0 atom stereocenters. The summed E-state index contributed by atoms with van der Waals surface area (Å²) >= 11 is 6.04. The summed E-state index contributed by atoms with van der Waals surface area (Å²) < 4.78 is 0. The van der Waals surface area contributed by atoms with Gasteiger partial charge in [0.05, 0.1) is 16.8 Å². The van der Waals surface area contributed by atoms with Gasteiger partial charge >= 0.3 is 0 Å². The Labute approximate surface area is 174 Å². The number of hydrogen-bond acceptors (Lipinski definition) is 2. The second-order valence-electron chi connectivity index (χ2n) is 7.27. The summed E-state index contributed by atoms with van der Waals surface area (Å²) in [5.74, 6) is 0.0194. The van der Waals surface area contributed by atoms with Crippen LogP contribution in [0.25, 0.3) is 22.2 Å². The van der Waals surface area contributed by atoms with Gasteiger partial charge in [0.2, 0.25) is 0 Å². The van der Waals surface area contributed by atoms with Gasteiger partial charge in [-0.15, -0.1) is 0 Å². The molecule has 0 radical (unpaired) electrons. The summed E-state index contributed by atoms with van der Waals surface area (Å²) in [6, 6.07) is 25.5. The normalized spacial score (nSPS) is 13.3. The third-order valence-corrected chi connectivity index (χ3v) is 5.69. The molecule has 0 bridgehead atoms. The number of halogens is 1. The molecule has 3 nitrogen and oxygen atoms in total. The average Bonchev–Trinajstić information content (AvgIpc) is 2.78. The van der Waals surface area contributed by atoms with Crippen LogP contribution >= 0.6 is 11.6 Å². The standard InChI is InChI=1S/C25H19ClN2O/c26-19-13-11-17(12-14-19)23-16-21(20-8-2-3-9-22(20)27-23)25(29)28-15-5-7-18-6-1-4-10-24(18)28/h1-4,6,8-14,16H,5,7,15H2. The van der Waals surface area contributed by atoms with Crippen molar-refractivity contribution >= 4 is 34.1 Å². The van der Waals surface area contributed by atoms with Gasteiger partial charge in [-0.3, -0.25) is 4.79 Å². The molecule has 5 rings (SSSR count). The highest BCUT2D eigenvalue weighted by atomic mass is 35.5. The van der Waals surface area contributed by atoms with E-state index in [0.717, 1.165) is 47.2 Å². The molecule has 142 valence electrons. The molecule has 4 aromatic rings. The number of pyridine rings is 1. The second kappa shape index (κ2) is 7.34. The molecule has 0 spiro atoms. The number of aromatic nitrogens is 1. The number of anilines is 1. The second-order valence-corrected chi connectivity index (χ2v) is 7.70. The third kappa shape index (κ3) is 3.28. The number of amides is 1. The minimum atomic E-state index is 0.0194. The molecule has 1 amide bonds. The van der Waals surface area contributed by atoms with Gasteiger partial charge in [0.1, 0.15) is 0 Å². The molecule has 2 heterocycles. The Balaban J connectivity index is 1.66. The molecule has 0 fully saturated rings. The van der Waals surface area contributed by atoms with Gasteiger partial charge in [0.25, 0.3) is 5.91 Å². The number of rotatable bonds is 2. The summed E-state index contributed by atoms with van der Waals surface area (Å²) in [5.41, 5.74) is 5.44. The molecule has 1 aliphatic heterocycles. The number of aryl methyl sites for hydroxylation is 1. The summed E-state index contributed by atoms with van der Waals surface area (Å²) in [5, 5.41) is 1.55. The van der Waals surface area contributed by atoms with Crippen LogP contribution in [0.5, 0.6) is 0 Å². The van der Waals surface area contributed by atoms with Crippen LogP contribution in [0.2, 0.25) is 5.02 Å². The van der Waals surface area contributed by atoms with Gasteiger partial charge in [-0.2, -0.15) is 0 Å².